The SMILES string of the molecule is CC(N)c1ccc(OCc2cccc(Br)c2)cc1Cl. The van der Waals surface area contributed by atoms with Crippen molar-refractivity contribution in [1.82, 2.24) is 0 Å². The second kappa shape index (κ2) is 6.42. The van der Waals surface area contributed by atoms with Gasteiger partial charge in [-0.05, 0) is 42.3 Å². The zero-order valence-corrected chi connectivity index (χ0v) is 12.9. The third kappa shape index (κ3) is 3.96. The number of nitrogens with two attached hydrogens (primary N) is 1. The molecule has 0 radical (unpaired) electrons. The molecule has 2 N–H and O–H groups in total. The molecule has 2 aromatic carbocycles. The molecule has 19 heavy (non-hydrogen) atoms. The average Bonchev–Trinajstić information content (AvgIpc) is 2.36. The van der Waals surface area contributed by atoms with Crippen molar-refractivity contribution in [2.75, 3.05) is 0 Å². The molecule has 0 saturated carbocycles. The Labute approximate surface area is 126 Å². The molecule has 0 heterocycles. The van der Waals surface area contributed by atoms with Gasteiger partial charge in [-0.2, -0.15) is 0 Å². The lowest BCUT2D eigenvalue weighted by atomic mass is 10.1. The molecule has 0 fully saturated rings. The van der Waals surface area contributed by atoms with E-state index in [1.54, 1.807) is 6.07 Å². The minimum atomic E-state index is -0.0772. The van der Waals surface area contributed by atoms with Crippen molar-refractivity contribution < 1.29 is 4.74 Å². The monoisotopic (exact) mass is 339 g/mol. The first kappa shape index (κ1) is 14.4. The van der Waals surface area contributed by atoms with Gasteiger partial charge < -0.3 is 10.5 Å². The van der Waals surface area contributed by atoms with Crippen LogP contribution in [0.25, 0.3) is 0 Å². The Balaban J connectivity index is 2.06. The molecule has 0 aliphatic rings. The highest BCUT2D eigenvalue weighted by Gasteiger charge is 2.06. The summed E-state index contributed by atoms with van der Waals surface area (Å²) in [5, 5.41) is 0.641. The van der Waals surface area contributed by atoms with Crippen LogP contribution in [-0.4, -0.2) is 0 Å². The topological polar surface area (TPSA) is 35.2 Å². The number of ether oxygens (including phenoxy) is 1. The first-order chi connectivity index (χ1) is 9.06. The lowest BCUT2D eigenvalue weighted by Gasteiger charge is -2.11. The van der Waals surface area contributed by atoms with Gasteiger partial charge in [-0.1, -0.05) is 45.7 Å². The molecule has 0 bridgehead atoms. The lowest BCUT2D eigenvalue weighted by molar-refractivity contribution is 0.306. The van der Waals surface area contributed by atoms with Gasteiger partial charge >= 0.3 is 0 Å². The van der Waals surface area contributed by atoms with Gasteiger partial charge in [0.1, 0.15) is 12.4 Å². The van der Waals surface area contributed by atoms with Crippen LogP contribution in [0, 0.1) is 0 Å². The Morgan fingerprint density at radius 3 is 2.68 bits per heavy atom. The number of hydrogen-bond donors (Lipinski definition) is 1. The predicted molar refractivity (Wildman–Crippen MR) is 82.5 cm³/mol. The average molecular weight is 341 g/mol. The van der Waals surface area contributed by atoms with Crippen LogP contribution in [0.4, 0.5) is 0 Å². The van der Waals surface area contributed by atoms with Crippen molar-refractivity contribution in [2.24, 2.45) is 5.73 Å². The quantitative estimate of drug-likeness (QED) is 0.875. The molecule has 2 rings (SSSR count). The minimum absolute atomic E-state index is 0.0772. The van der Waals surface area contributed by atoms with Crippen LogP contribution in [0.5, 0.6) is 5.75 Å². The summed E-state index contributed by atoms with van der Waals surface area (Å²) in [6.07, 6.45) is 0. The van der Waals surface area contributed by atoms with Gasteiger partial charge in [0, 0.05) is 15.5 Å². The molecule has 2 aromatic rings. The van der Waals surface area contributed by atoms with Crippen LogP contribution in [0.2, 0.25) is 5.02 Å². The molecular formula is C15H15BrClNO. The van der Waals surface area contributed by atoms with E-state index >= 15 is 0 Å². The molecule has 0 aliphatic heterocycles. The maximum atomic E-state index is 6.16. The summed E-state index contributed by atoms with van der Waals surface area (Å²) in [5.74, 6) is 0.745. The highest BCUT2D eigenvalue weighted by atomic mass is 79.9. The molecule has 4 heteroatoms. The molecule has 0 saturated heterocycles. The van der Waals surface area contributed by atoms with Crippen molar-refractivity contribution >= 4 is 27.5 Å². The lowest BCUT2D eigenvalue weighted by Crippen LogP contribution is -2.05. The highest BCUT2D eigenvalue weighted by molar-refractivity contribution is 9.10. The largest absolute Gasteiger partial charge is 0.489 e. The molecular weight excluding hydrogens is 326 g/mol. The maximum absolute atomic E-state index is 6.16. The van der Waals surface area contributed by atoms with Gasteiger partial charge in [-0.25, -0.2) is 0 Å². The third-order valence-corrected chi connectivity index (χ3v) is 3.58. The zero-order chi connectivity index (χ0) is 13.8. The van der Waals surface area contributed by atoms with Gasteiger partial charge in [0.15, 0.2) is 0 Å². The first-order valence-electron chi connectivity index (χ1n) is 5.98. The Bertz CT molecular complexity index is 572. The van der Waals surface area contributed by atoms with E-state index in [9.17, 15) is 0 Å². The van der Waals surface area contributed by atoms with Crippen molar-refractivity contribution in [3.63, 3.8) is 0 Å². The number of rotatable bonds is 4. The van der Waals surface area contributed by atoms with Crippen LogP contribution in [0.1, 0.15) is 24.1 Å². The minimum Gasteiger partial charge on any atom is -0.489 e. The van der Waals surface area contributed by atoms with Gasteiger partial charge in [0.2, 0.25) is 0 Å². The molecule has 0 amide bonds. The summed E-state index contributed by atoms with van der Waals surface area (Å²) < 4.78 is 6.76. The Morgan fingerprint density at radius 1 is 1.26 bits per heavy atom. The molecule has 0 aromatic heterocycles. The number of hydrogen-bond acceptors (Lipinski definition) is 2. The number of benzene rings is 2. The standard InChI is InChI=1S/C15H15BrClNO/c1-10(18)14-6-5-13(8-15(14)17)19-9-11-3-2-4-12(16)7-11/h2-8,10H,9,18H2,1H3. The third-order valence-electron chi connectivity index (χ3n) is 2.76. The first-order valence-corrected chi connectivity index (χ1v) is 7.15. The summed E-state index contributed by atoms with van der Waals surface area (Å²) in [5.41, 5.74) is 7.84. The van der Waals surface area contributed by atoms with E-state index in [1.165, 1.54) is 0 Å². The van der Waals surface area contributed by atoms with Gasteiger partial charge in [0.05, 0.1) is 0 Å². The smallest absolute Gasteiger partial charge is 0.121 e. The highest BCUT2D eigenvalue weighted by Crippen LogP contribution is 2.26. The summed E-state index contributed by atoms with van der Waals surface area (Å²) in [7, 11) is 0. The Kier molecular flexibility index (Phi) is 4.86. The molecule has 1 atom stereocenters. The van der Waals surface area contributed by atoms with Gasteiger partial charge in [0.25, 0.3) is 0 Å². The van der Waals surface area contributed by atoms with Crippen molar-refractivity contribution in [1.29, 1.82) is 0 Å². The summed E-state index contributed by atoms with van der Waals surface area (Å²) in [4.78, 5) is 0. The van der Waals surface area contributed by atoms with E-state index in [0.717, 1.165) is 21.3 Å². The van der Waals surface area contributed by atoms with E-state index in [-0.39, 0.29) is 6.04 Å². The van der Waals surface area contributed by atoms with Crippen LogP contribution in [0.15, 0.2) is 46.9 Å². The summed E-state index contributed by atoms with van der Waals surface area (Å²) >= 11 is 9.60. The van der Waals surface area contributed by atoms with Crippen molar-refractivity contribution in [3.05, 3.63) is 63.1 Å². The van der Waals surface area contributed by atoms with E-state index in [1.807, 2.05) is 43.3 Å². The molecule has 100 valence electrons. The Morgan fingerprint density at radius 2 is 2.05 bits per heavy atom. The van der Waals surface area contributed by atoms with Crippen LogP contribution in [0.3, 0.4) is 0 Å². The van der Waals surface area contributed by atoms with E-state index in [0.29, 0.717) is 11.6 Å². The van der Waals surface area contributed by atoms with Crippen molar-refractivity contribution in [3.8, 4) is 5.75 Å². The second-order valence-electron chi connectivity index (χ2n) is 4.39. The van der Waals surface area contributed by atoms with Crippen molar-refractivity contribution in [2.45, 2.75) is 19.6 Å². The summed E-state index contributed by atoms with van der Waals surface area (Å²) in [6.45, 7) is 2.41. The van der Waals surface area contributed by atoms with Crippen LogP contribution >= 0.6 is 27.5 Å². The van der Waals surface area contributed by atoms with E-state index in [2.05, 4.69) is 15.9 Å². The van der Waals surface area contributed by atoms with Gasteiger partial charge in [-0.15, -0.1) is 0 Å². The normalized spacial score (nSPS) is 12.2. The molecule has 2 nitrogen and oxygen atoms in total. The predicted octanol–water partition coefficient (Wildman–Crippen LogP) is 4.70. The second-order valence-corrected chi connectivity index (χ2v) is 5.71. The Hall–Kier alpha value is -1.03. The fraction of sp³-hybridized carbons (Fsp3) is 0.200. The molecule has 0 aliphatic carbocycles. The fourth-order valence-electron chi connectivity index (χ4n) is 1.76. The summed E-state index contributed by atoms with van der Waals surface area (Å²) in [6, 6.07) is 13.5. The molecule has 1 unspecified atom stereocenters. The van der Waals surface area contributed by atoms with Gasteiger partial charge in [-0.3, -0.25) is 0 Å². The van der Waals surface area contributed by atoms with E-state index in [4.69, 9.17) is 22.1 Å². The van der Waals surface area contributed by atoms with Crippen LogP contribution in [-0.2, 0) is 6.61 Å². The number of halogens is 2. The fourth-order valence-corrected chi connectivity index (χ4v) is 2.55. The van der Waals surface area contributed by atoms with Crippen LogP contribution < -0.4 is 10.5 Å². The molecule has 0 spiro atoms. The zero-order valence-electron chi connectivity index (χ0n) is 10.6. The van der Waals surface area contributed by atoms with E-state index < -0.39 is 0 Å². The maximum Gasteiger partial charge on any atom is 0.121 e.